The predicted molar refractivity (Wildman–Crippen MR) is 212 cm³/mol. The molecule has 7 atom stereocenters. The summed E-state index contributed by atoms with van der Waals surface area (Å²) in [5.41, 5.74) is 0. The number of Topliss-reactive ketones (excluding diaryl/α,β-unsaturated/α-hetero) is 1. The summed E-state index contributed by atoms with van der Waals surface area (Å²) in [6, 6.07) is 0. The summed E-state index contributed by atoms with van der Waals surface area (Å²) in [5.74, 6) is -0.840. The highest BCUT2D eigenvalue weighted by Crippen LogP contribution is 2.36. The van der Waals surface area contributed by atoms with Crippen LogP contribution in [0.4, 0.5) is 0 Å². The van der Waals surface area contributed by atoms with Gasteiger partial charge in [0.15, 0.2) is 6.10 Å². The molecule has 0 aromatic heterocycles. The lowest BCUT2D eigenvalue weighted by Gasteiger charge is -2.20. The van der Waals surface area contributed by atoms with Gasteiger partial charge >= 0.3 is 11.9 Å². The van der Waals surface area contributed by atoms with Crippen molar-refractivity contribution < 1.29 is 44.3 Å². The van der Waals surface area contributed by atoms with Crippen LogP contribution in [0.5, 0.6) is 0 Å². The fraction of sp³-hybridized carbons (Fsp3) is 0.886. The van der Waals surface area contributed by atoms with E-state index in [9.17, 15) is 34.8 Å². The van der Waals surface area contributed by atoms with Crippen molar-refractivity contribution in [3.63, 3.8) is 0 Å². The van der Waals surface area contributed by atoms with Gasteiger partial charge in [-0.25, -0.2) is 0 Å². The molecule has 1 aliphatic carbocycles. The first-order valence-corrected chi connectivity index (χ1v) is 21.8. The summed E-state index contributed by atoms with van der Waals surface area (Å²) in [5, 5.41) is 40.7. The molecule has 1 aliphatic rings. The van der Waals surface area contributed by atoms with E-state index >= 15 is 0 Å². The van der Waals surface area contributed by atoms with Gasteiger partial charge in [-0.05, 0) is 31.6 Å². The molecule has 310 valence electrons. The Balaban J connectivity index is 2.08. The van der Waals surface area contributed by atoms with Gasteiger partial charge in [0, 0.05) is 43.9 Å². The largest absolute Gasteiger partial charge is 0.462 e. The molecular formula is C44H80O9. The van der Waals surface area contributed by atoms with Gasteiger partial charge in [0.1, 0.15) is 12.4 Å². The van der Waals surface area contributed by atoms with E-state index in [0.717, 1.165) is 44.4 Å². The van der Waals surface area contributed by atoms with Crippen LogP contribution in [0.1, 0.15) is 194 Å². The van der Waals surface area contributed by atoms with Gasteiger partial charge in [0.2, 0.25) is 0 Å². The first kappa shape index (κ1) is 49.2. The van der Waals surface area contributed by atoms with Crippen molar-refractivity contribution in [2.45, 2.75) is 219 Å². The van der Waals surface area contributed by atoms with E-state index < -0.39 is 48.8 Å². The van der Waals surface area contributed by atoms with Crippen LogP contribution in [0.15, 0.2) is 12.2 Å². The summed E-state index contributed by atoms with van der Waals surface area (Å²) >= 11 is 0. The fourth-order valence-corrected chi connectivity index (χ4v) is 7.29. The van der Waals surface area contributed by atoms with Crippen LogP contribution in [-0.2, 0) is 23.9 Å². The van der Waals surface area contributed by atoms with Gasteiger partial charge in [-0.3, -0.25) is 14.4 Å². The third kappa shape index (κ3) is 25.8. The standard InChI is InChI=1S/C44H80O9/c1-4-6-19-25-36(46)29-30-39-40(42(49)32-41(39)48)31-37(47)26-22-23-28-44(51)53-38(33-45)34-52-43(50)27-21-18-16-14-12-10-8-7-9-11-13-15-17-20-24-35(3)5-2/h29-30,35-36,38-42,45-46,48-49H,4-28,31-34H2,1-3H3/b30-29+/t35?,36-,38-,39+,40+,41+,42-/m0/s1. The molecule has 1 rings (SSSR count). The molecule has 0 aliphatic heterocycles. The van der Waals surface area contributed by atoms with Crippen LogP contribution >= 0.6 is 0 Å². The van der Waals surface area contributed by atoms with Crippen molar-refractivity contribution in [3.8, 4) is 0 Å². The van der Waals surface area contributed by atoms with Gasteiger partial charge in [0.25, 0.3) is 0 Å². The highest BCUT2D eigenvalue weighted by Gasteiger charge is 2.41. The maximum Gasteiger partial charge on any atom is 0.306 e. The molecule has 9 nitrogen and oxygen atoms in total. The average molecular weight is 753 g/mol. The Bertz CT molecular complexity index is 953. The molecule has 1 saturated carbocycles. The Labute approximate surface area is 323 Å². The second kappa shape index (κ2) is 32.4. The number of esters is 2. The minimum atomic E-state index is -0.919. The number of ketones is 1. The normalized spacial score (nSPS) is 20.4. The van der Waals surface area contributed by atoms with Crippen molar-refractivity contribution in [3.05, 3.63) is 12.2 Å². The van der Waals surface area contributed by atoms with Gasteiger partial charge in [-0.1, -0.05) is 148 Å². The van der Waals surface area contributed by atoms with Crippen LogP contribution < -0.4 is 0 Å². The molecule has 0 amide bonds. The zero-order valence-corrected chi connectivity index (χ0v) is 34.0. The van der Waals surface area contributed by atoms with Crippen LogP contribution in [0.3, 0.4) is 0 Å². The molecular weight excluding hydrogens is 672 g/mol. The van der Waals surface area contributed by atoms with Crippen molar-refractivity contribution in [2.24, 2.45) is 17.8 Å². The zero-order chi connectivity index (χ0) is 39.1. The SMILES string of the molecule is CCCCC[C@H](O)/C=C/[C@@H]1[C@@H](CC(=O)CCCCC(=O)O[C@@H](CO)COC(=O)CCCCCCCCCCCCCCCCC(C)CC)[C@@H](O)C[C@H]1O. The number of aliphatic hydroxyl groups excluding tert-OH is 4. The molecule has 0 aromatic carbocycles. The summed E-state index contributed by atoms with van der Waals surface area (Å²) in [6.07, 6.45) is 26.1. The van der Waals surface area contributed by atoms with E-state index in [1.54, 1.807) is 12.2 Å². The third-order valence-corrected chi connectivity index (χ3v) is 11.1. The number of unbranched alkanes of at least 4 members (excludes halogenated alkanes) is 16. The lowest BCUT2D eigenvalue weighted by atomic mass is 9.87. The summed E-state index contributed by atoms with van der Waals surface area (Å²) in [6.45, 7) is 6.11. The first-order chi connectivity index (χ1) is 25.6. The van der Waals surface area contributed by atoms with Gasteiger partial charge in [-0.15, -0.1) is 0 Å². The number of rotatable bonds is 35. The predicted octanol–water partition coefficient (Wildman–Crippen LogP) is 9.10. The number of carbonyl (C=O) groups is 3. The monoisotopic (exact) mass is 753 g/mol. The van der Waals surface area contributed by atoms with E-state index in [4.69, 9.17) is 9.47 Å². The second-order valence-electron chi connectivity index (χ2n) is 16.0. The molecule has 0 spiro atoms. The van der Waals surface area contributed by atoms with Gasteiger partial charge in [0.05, 0.1) is 24.9 Å². The molecule has 4 N–H and O–H groups in total. The lowest BCUT2D eigenvalue weighted by molar-refractivity contribution is -0.161. The molecule has 53 heavy (non-hydrogen) atoms. The van der Waals surface area contributed by atoms with Crippen LogP contribution in [0, 0.1) is 17.8 Å². The summed E-state index contributed by atoms with van der Waals surface area (Å²) < 4.78 is 10.5. The van der Waals surface area contributed by atoms with Crippen LogP contribution in [0.25, 0.3) is 0 Å². The number of ether oxygens (including phenoxy) is 2. The Hall–Kier alpha value is -1.81. The third-order valence-electron chi connectivity index (χ3n) is 11.1. The van der Waals surface area contributed by atoms with Gasteiger partial charge < -0.3 is 29.9 Å². The minimum Gasteiger partial charge on any atom is -0.462 e. The summed E-state index contributed by atoms with van der Waals surface area (Å²) in [4.78, 5) is 37.2. The topological polar surface area (TPSA) is 151 Å². The smallest absolute Gasteiger partial charge is 0.306 e. The quantitative estimate of drug-likeness (QED) is 0.0282. The van der Waals surface area contributed by atoms with Crippen LogP contribution in [0.2, 0.25) is 0 Å². The van der Waals surface area contributed by atoms with E-state index in [-0.39, 0.29) is 44.0 Å². The highest BCUT2D eigenvalue weighted by atomic mass is 16.6. The van der Waals surface area contributed by atoms with Gasteiger partial charge in [-0.2, -0.15) is 0 Å². The van der Waals surface area contributed by atoms with E-state index in [0.29, 0.717) is 25.7 Å². The van der Waals surface area contributed by atoms with E-state index in [1.165, 1.54) is 83.5 Å². The summed E-state index contributed by atoms with van der Waals surface area (Å²) in [7, 11) is 0. The Kier molecular flexibility index (Phi) is 30.1. The Morgan fingerprint density at radius 3 is 1.81 bits per heavy atom. The van der Waals surface area contributed by atoms with Crippen molar-refractivity contribution in [2.75, 3.05) is 13.2 Å². The van der Waals surface area contributed by atoms with Crippen molar-refractivity contribution >= 4 is 17.7 Å². The van der Waals surface area contributed by atoms with Crippen molar-refractivity contribution in [1.29, 1.82) is 0 Å². The second-order valence-corrected chi connectivity index (χ2v) is 16.0. The molecule has 0 radical (unpaired) electrons. The lowest BCUT2D eigenvalue weighted by Crippen LogP contribution is -2.28. The molecule has 0 saturated heterocycles. The number of aliphatic hydroxyl groups is 4. The van der Waals surface area contributed by atoms with Crippen LogP contribution in [-0.4, -0.2) is 75.8 Å². The minimum absolute atomic E-state index is 0.0482. The molecule has 0 heterocycles. The number of carbonyl (C=O) groups excluding carboxylic acids is 3. The number of hydrogen-bond acceptors (Lipinski definition) is 9. The maximum absolute atomic E-state index is 12.7. The molecule has 1 unspecified atom stereocenters. The molecule has 9 heteroatoms. The number of hydrogen-bond donors (Lipinski definition) is 4. The molecule has 0 aromatic rings. The first-order valence-electron chi connectivity index (χ1n) is 21.8. The Morgan fingerprint density at radius 2 is 1.23 bits per heavy atom. The zero-order valence-electron chi connectivity index (χ0n) is 34.0. The Morgan fingerprint density at radius 1 is 0.698 bits per heavy atom. The average Bonchev–Trinajstić information content (AvgIpc) is 3.40. The fourth-order valence-electron chi connectivity index (χ4n) is 7.29. The van der Waals surface area contributed by atoms with E-state index in [1.807, 2.05) is 0 Å². The molecule has 0 bridgehead atoms. The highest BCUT2D eigenvalue weighted by molar-refractivity contribution is 5.79. The maximum atomic E-state index is 12.7. The molecule has 1 fully saturated rings. The van der Waals surface area contributed by atoms with E-state index in [2.05, 4.69) is 20.8 Å². The van der Waals surface area contributed by atoms with Crippen molar-refractivity contribution in [1.82, 2.24) is 0 Å².